The zero-order valence-electron chi connectivity index (χ0n) is 19.9. The van der Waals surface area contributed by atoms with Gasteiger partial charge in [-0.3, -0.25) is 4.79 Å². The van der Waals surface area contributed by atoms with E-state index < -0.39 is 5.91 Å². The van der Waals surface area contributed by atoms with Crippen molar-refractivity contribution in [1.82, 2.24) is 5.32 Å². The molecule has 0 aliphatic rings. The molecule has 0 aromatic heterocycles. The molecule has 0 radical (unpaired) electrons. The highest BCUT2D eigenvalue weighted by Gasteiger charge is 2.14. The van der Waals surface area contributed by atoms with Crippen molar-refractivity contribution in [2.75, 3.05) is 13.7 Å². The quantitative estimate of drug-likeness (QED) is 0.256. The Kier molecular flexibility index (Phi) is 9.33. The Bertz CT molecular complexity index is 1230. The third-order valence-electron chi connectivity index (χ3n) is 5.15. The number of nitriles is 1. The molecule has 7 heteroatoms. The van der Waals surface area contributed by atoms with E-state index in [1.807, 2.05) is 68.4 Å². The Morgan fingerprint density at radius 2 is 1.69 bits per heavy atom. The first-order valence-corrected chi connectivity index (χ1v) is 11.9. The molecule has 0 spiro atoms. The molecular weight excluding hydrogens is 508 g/mol. The first-order chi connectivity index (χ1) is 16.9. The first-order valence-electron chi connectivity index (χ1n) is 11.1. The van der Waals surface area contributed by atoms with Crippen LogP contribution in [0.4, 0.5) is 0 Å². The molecule has 1 amide bonds. The van der Waals surface area contributed by atoms with Gasteiger partial charge in [-0.2, -0.15) is 5.26 Å². The lowest BCUT2D eigenvalue weighted by Crippen LogP contribution is -2.23. The number of carbonyl (C=O) groups is 1. The van der Waals surface area contributed by atoms with Crippen LogP contribution in [0.15, 0.2) is 70.7 Å². The SMILES string of the molecule is CCOc1cc(/C=C(/C#N)C(=O)NCc2ccc(OC)cc2)c(Br)cc1OCc1ccc(C)cc1. The number of nitrogens with zero attached hydrogens (tertiary/aromatic N) is 1. The molecule has 0 bridgehead atoms. The highest BCUT2D eigenvalue weighted by atomic mass is 79.9. The van der Waals surface area contributed by atoms with Gasteiger partial charge in [0.25, 0.3) is 5.91 Å². The highest BCUT2D eigenvalue weighted by molar-refractivity contribution is 9.10. The van der Waals surface area contributed by atoms with Crippen LogP contribution in [-0.4, -0.2) is 19.6 Å². The van der Waals surface area contributed by atoms with Crippen molar-refractivity contribution in [2.24, 2.45) is 0 Å². The van der Waals surface area contributed by atoms with Gasteiger partial charge >= 0.3 is 0 Å². The Morgan fingerprint density at radius 3 is 2.31 bits per heavy atom. The fourth-order valence-electron chi connectivity index (χ4n) is 3.21. The smallest absolute Gasteiger partial charge is 0.262 e. The van der Waals surface area contributed by atoms with Crippen molar-refractivity contribution in [1.29, 1.82) is 5.26 Å². The number of benzene rings is 3. The van der Waals surface area contributed by atoms with Gasteiger partial charge < -0.3 is 19.5 Å². The number of nitrogens with one attached hydrogen (secondary N) is 1. The minimum atomic E-state index is -0.465. The van der Waals surface area contributed by atoms with E-state index in [0.29, 0.717) is 41.3 Å². The van der Waals surface area contributed by atoms with Gasteiger partial charge in [0.05, 0.1) is 13.7 Å². The molecule has 0 saturated heterocycles. The Morgan fingerprint density at radius 1 is 1.03 bits per heavy atom. The van der Waals surface area contributed by atoms with Crippen LogP contribution in [0.3, 0.4) is 0 Å². The number of methoxy groups -OCH3 is 1. The third kappa shape index (κ3) is 7.36. The zero-order chi connectivity index (χ0) is 25.2. The molecule has 0 fully saturated rings. The van der Waals surface area contributed by atoms with Crippen LogP contribution in [0.5, 0.6) is 17.2 Å². The number of hydrogen-bond acceptors (Lipinski definition) is 5. The summed E-state index contributed by atoms with van der Waals surface area (Å²) in [5, 5.41) is 12.4. The molecule has 3 aromatic carbocycles. The number of hydrogen-bond donors (Lipinski definition) is 1. The maximum Gasteiger partial charge on any atom is 0.262 e. The number of aryl methyl sites for hydroxylation is 1. The van der Waals surface area contributed by atoms with Crippen LogP contribution in [-0.2, 0) is 17.9 Å². The fraction of sp³-hybridized carbons (Fsp3) is 0.214. The van der Waals surface area contributed by atoms with Gasteiger partial charge in [-0.15, -0.1) is 0 Å². The van der Waals surface area contributed by atoms with Crippen molar-refractivity contribution in [3.05, 3.63) is 93.0 Å². The first kappa shape index (κ1) is 25.9. The maximum absolute atomic E-state index is 12.6. The van der Waals surface area contributed by atoms with Crippen molar-refractivity contribution < 1.29 is 19.0 Å². The second-order valence-electron chi connectivity index (χ2n) is 7.73. The predicted octanol–water partition coefficient (Wildman–Crippen LogP) is 5.97. The van der Waals surface area contributed by atoms with Crippen LogP contribution in [0.25, 0.3) is 6.08 Å². The summed E-state index contributed by atoms with van der Waals surface area (Å²) >= 11 is 3.53. The summed E-state index contributed by atoms with van der Waals surface area (Å²) in [5.41, 5.74) is 3.73. The molecule has 0 atom stereocenters. The molecule has 35 heavy (non-hydrogen) atoms. The van der Waals surface area contributed by atoms with E-state index in [4.69, 9.17) is 14.2 Å². The number of carbonyl (C=O) groups excluding carboxylic acids is 1. The minimum absolute atomic E-state index is 0.0185. The lowest BCUT2D eigenvalue weighted by atomic mass is 10.1. The summed E-state index contributed by atoms with van der Waals surface area (Å²) in [4.78, 5) is 12.6. The van der Waals surface area contributed by atoms with Crippen LogP contribution < -0.4 is 19.5 Å². The van der Waals surface area contributed by atoms with Gasteiger partial charge in [0, 0.05) is 11.0 Å². The largest absolute Gasteiger partial charge is 0.497 e. The van der Waals surface area contributed by atoms with Gasteiger partial charge in [-0.25, -0.2) is 0 Å². The highest BCUT2D eigenvalue weighted by Crippen LogP contribution is 2.35. The molecule has 3 aromatic rings. The Labute approximate surface area is 214 Å². The normalized spacial score (nSPS) is 10.9. The number of ether oxygens (including phenoxy) is 3. The van der Waals surface area contributed by atoms with Crippen molar-refractivity contribution >= 4 is 27.9 Å². The summed E-state index contributed by atoms with van der Waals surface area (Å²) in [7, 11) is 1.60. The molecule has 0 aliphatic heterocycles. The average Bonchev–Trinajstić information content (AvgIpc) is 2.87. The lowest BCUT2D eigenvalue weighted by Gasteiger charge is -2.14. The van der Waals surface area contributed by atoms with Crippen molar-refractivity contribution in [3.8, 4) is 23.3 Å². The van der Waals surface area contributed by atoms with E-state index in [1.165, 1.54) is 11.6 Å². The van der Waals surface area contributed by atoms with E-state index in [2.05, 4.69) is 21.2 Å². The lowest BCUT2D eigenvalue weighted by molar-refractivity contribution is -0.117. The van der Waals surface area contributed by atoms with Crippen LogP contribution in [0.1, 0.15) is 29.2 Å². The second kappa shape index (κ2) is 12.6. The van der Waals surface area contributed by atoms with Gasteiger partial charge in [-0.05, 0) is 60.9 Å². The number of halogens is 1. The van der Waals surface area contributed by atoms with Gasteiger partial charge in [-0.1, -0.05) is 57.9 Å². The Balaban J connectivity index is 1.75. The topological polar surface area (TPSA) is 80.6 Å². The molecule has 0 unspecified atom stereocenters. The second-order valence-corrected chi connectivity index (χ2v) is 8.58. The minimum Gasteiger partial charge on any atom is -0.497 e. The number of amides is 1. The monoisotopic (exact) mass is 534 g/mol. The molecule has 0 saturated carbocycles. The van der Waals surface area contributed by atoms with E-state index >= 15 is 0 Å². The van der Waals surface area contributed by atoms with Gasteiger partial charge in [0.1, 0.15) is 24.0 Å². The maximum atomic E-state index is 12.6. The van der Waals surface area contributed by atoms with E-state index in [-0.39, 0.29) is 5.57 Å². The average molecular weight is 535 g/mol. The number of rotatable bonds is 10. The summed E-state index contributed by atoms with van der Waals surface area (Å²) in [6.45, 7) is 5.04. The van der Waals surface area contributed by atoms with E-state index in [1.54, 1.807) is 19.2 Å². The third-order valence-corrected chi connectivity index (χ3v) is 5.84. The zero-order valence-corrected chi connectivity index (χ0v) is 21.5. The van der Waals surface area contributed by atoms with Crippen molar-refractivity contribution in [2.45, 2.75) is 27.0 Å². The van der Waals surface area contributed by atoms with Gasteiger partial charge in [0.15, 0.2) is 11.5 Å². The van der Waals surface area contributed by atoms with Crippen molar-refractivity contribution in [3.63, 3.8) is 0 Å². The van der Waals surface area contributed by atoms with Crippen LogP contribution in [0.2, 0.25) is 0 Å². The molecule has 180 valence electrons. The molecule has 1 N–H and O–H groups in total. The molecule has 0 aliphatic carbocycles. The summed E-state index contributed by atoms with van der Waals surface area (Å²) in [5.74, 6) is 1.37. The predicted molar refractivity (Wildman–Crippen MR) is 139 cm³/mol. The van der Waals surface area contributed by atoms with Crippen LogP contribution in [0, 0.1) is 18.3 Å². The standard InChI is InChI=1S/C28H27BrN2O4/c1-4-34-26-14-22(25(29)15-27(26)35-18-21-7-5-19(2)6-8-21)13-23(16-30)28(32)31-17-20-9-11-24(33-3)12-10-20/h5-15H,4,17-18H2,1-3H3,(H,31,32)/b23-13-. The van der Waals surface area contributed by atoms with E-state index in [9.17, 15) is 10.1 Å². The molecule has 3 rings (SSSR count). The summed E-state index contributed by atoms with van der Waals surface area (Å²) < 4.78 is 17.6. The van der Waals surface area contributed by atoms with E-state index in [0.717, 1.165) is 16.9 Å². The fourth-order valence-corrected chi connectivity index (χ4v) is 3.65. The summed E-state index contributed by atoms with van der Waals surface area (Å²) in [6, 6.07) is 21.0. The summed E-state index contributed by atoms with van der Waals surface area (Å²) in [6.07, 6.45) is 1.53. The Hall–Kier alpha value is -3.76. The molecule has 0 heterocycles. The van der Waals surface area contributed by atoms with Gasteiger partial charge in [0.2, 0.25) is 0 Å². The molecular formula is C28H27BrN2O4. The molecule has 6 nitrogen and oxygen atoms in total. The van der Waals surface area contributed by atoms with Crippen LogP contribution >= 0.6 is 15.9 Å².